The molecule has 0 saturated carbocycles. The van der Waals surface area contributed by atoms with E-state index in [0.29, 0.717) is 11.8 Å². The lowest BCUT2D eigenvalue weighted by Crippen LogP contribution is -2.20. The number of aryl methyl sites for hydroxylation is 1. The van der Waals surface area contributed by atoms with E-state index in [1.165, 1.54) is 11.3 Å². The van der Waals surface area contributed by atoms with E-state index in [1.807, 2.05) is 36.6 Å². The van der Waals surface area contributed by atoms with Crippen LogP contribution in [0.4, 0.5) is 5.69 Å². The fourth-order valence-corrected chi connectivity index (χ4v) is 3.70. The highest BCUT2D eigenvalue weighted by Crippen LogP contribution is 2.30. The van der Waals surface area contributed by atoms with Crippen molar-refractivity contribution in [2.45, 2.75) is 43.9 Å². The first-order chi connectivity index (χ1) is 10.5. The minimum Gasteiger partial charge on any atom is -0.325 e. The quantitative estimate of drug-likeness (QED) is 0.818. The molecule has 118 valence electrons. The summed E-state index contributed by atoms with van der Waals surface area (Å²) in [5.74, 6) is -0.0747. The number of hydrogen-bond donors (Lipinski definition) is 1. The van der Waals surface area contributed by atoms with Crippen molar-refractivity contribution in [3.63, 3.8) is 0 Å². The van der Waals surface area contributed by atoms with Crippen LogP contribution in [0.25, 0.3) is 0 Å². The van der Waals surface area contributed by atoms with Crippen LogP contribution in [0.5, 0.6) is 0 Å². The molecule has 6 heteroatoms. The standard InChI is InChI=1S/C16H20N2O2S2/c1-11(2)22-14-7-5-4-6-13(14)17-15(19)8-9-18-12(3)10-21-16(18)20/h4-7,10-11H,8-9H2,1-3H3,(H,17,19). The number of para-hydroxylation sites is 1. The Morgan fingerprint density at radius 1 is 1.36 bits per heavy atom. The zero-order chi connectivity index (χ0) is 16.1. The summed E-state index contributed by atoms with van der Waals surface area (Å²) in [6.07, 6.45) is 0.290. The fraction of sp³-hybridized carbons (Fsp3) is 0.375. The van der Waals surface area contributed by atoms with Gasteiger partial charge in [-0.15, -0.1) is 11.8 Å². The lowest BCUT2D eigenvalue weighted by molar-refractivity contribution is -0.116. The Kier molecular flexibility index (Phi) is 5.85. The molecule has 1 N–H and O–H groups in total. The molecule has 1 aromatic heterocycles. The first-order valence-electron chi connectivity index (χ1n) is 7.18. The summed E-state index contributed by atoms with van der Waals surface area (Å²) in [7, 11) is 0. The van der Waals surface area contributed by atoms with E-state index in [-0.39, 0.29) is 17.2 Å². The van der Waals surface area contributed by atoms with Crippen LogP contribution in [-0.2, 0) is 11.3 Å². The molecule has 0 bridgehead atoms. The summed E-state index contributed by atoms with van der Waals surface area (Å²) in [5, 5.41) is 5.21. The molecule has 2 rings (SSSR count). The molecule has 0 unspecified atom stereocenters. The molecule has 2 aromatic rings. The number of carbonyl (C=O) groups excluding carboxylic acids is 1. The molecule has 0 aliphatic rings. The molecule has 1 aromatic carbocycles. The Morgan fingerprint density at radius 2 is 2.09 bits per heavy atom. The van der Waals surface area contributed by atoms with Gasteiger partial charge >= 0.3 is 4.87 Å². The van der Waals surface area contributed by atoms with Gasteiger partial charge in [0.2, 0.25) is 5.91 Å². The summed E-state index contributed by atoms with van der Waals surface area (Å²) in [5.41, 5.74) is 1.74. The number of amides is 1. The zero-order valence-corrected chi connectivity index (χ0v) is 14.6. The van der Waals surface area contributed by atoms with E-state index >= 15 is 0 Å². The predicted molar refractivity (Wildman–Crippen MR) is 94.0 cm³/mol. The molecular weight excluding hydrogens is 316 g/mol. The van der Waals surface area contributed by atoms with Crippen molar-refractivity contribution in [3.8, 4) is 0 Å². The van der Waals surface area contributed by atoms with Crippen LogP contribution in [0.15, 0.2) is 39.3 Å². The maximum atomic E-state index is 12.1. The highest BCUT2D eigenvalue weighted by molar-refractivity contribution is 8.00. The average Bonchev–Trinajstić information content (AvgIpc) is 2.77. The molecule has 22 heavy (non-hydrogen) atoms. The van der Waals surface area contributed by atoms with Gasteiger partial charge in [0.15, 0.2) is 0 Å². The fourth-order valence-electron chi connectivity index (χ4n) is 2.03. The number of rotatable bonds is 6. The topological polar surface area (TPSA) is 51.1 Å². The van der Waals surface area contributed by atoms with Gasteiger partial charge in [0.25, 0.3) is 0 Å². The van der Waals surface area contributed by atoms with Crippen molar-refractivity contribution in [1.82, 2.24) is 4.57 Å². The lowest BCUT2D eigenvalue weighted by atomic mass is 10.3. The van der Waals surface area contributed by atoms with E-state index in [2.05, 4.69) is 19.2 Å². The van der Waals surface area contributed by atoms with Gasteiger partial charge in [0, 0.05) is 34.2 Å². The molecule has 0 atom stereocenters. The molecular formula is C16H20N2O2S2. The number of thiazole rings is 1. The Bertz CT molecular complexity index is 704. The first kappa shape index (κ1) is 16.8. The van der Waals surface area contributed by atoms with Gasteiger partial charge < -0.3 is 9.88 Å². The lowest BCUT2D eigenvalue weighted by Gasteiger charge is -2.12. The van der Waals surface area contributed by atoms with Gasteiger partial charge in [0.1, 0.15) is 0 Å². The molecule has 0 radical (unpaired) electrons. The van der Waals surface area contributed by atoms with Crippen molar-refractivity contribution >= 4 is 34.7 Å². The Hall–Kier alpha value is -1.53. The maximum absolute atomic E-state index is 12.1. The van der Waals surface area contributed by atoms with E-state index in [9.17, 15) is 9.59 Å². The van der Waals surface area contributed by atoms with E-state index in [1.54, 1.807) is 16.3 Å². The summed E-state index contributed by atoms with van der Waals surface area (Å²) in [4.78, 5) is 24.8. The molecule has 0 aliphatic heterocycles. The zero-order valence-electron chi connectivity index (χ0n) is 13.0. The normalized spacial score (nSPS) is 10.9. The van der Waals surface area contributed by atoms with Crippen LogP contribution >= 0.6 is 23.1 Å². The average molecular weight is 336 g/mol. The molecule has 4 nitrogen and oxygen atoms in total. The van der Waals surface area contributed by atoms with Crippen LogP contribution < -0.4 is 10.2 Å². The SMILES string of the molecule is Cc1csc(=O)n1CCC(=O)Nc1ccccc1SC(C)C. The second-order valence-electron chi connectivity index (χ2n) is 5.26. The van der Waals surface area contributed by atoms with Crippen molar-refractivity contribution in [3.05, 3.63) is 45.0 Å². The Balaban J connectivity index is 1.99. The second kappa shape index (κ2) is 7.65. The number of anilines is 1. The largest absolute Gasteiger partial charge is 0.325 e. The van der Waals surface area contributed by atoms with E-state index in [4.69, 9.17) is 0 Å². The smallest absolute Gasteiger partial charge is 0.307 e. The Labute approximate surface area is 138 Å². The van der Waals surface area contributed by atoms with Crippen molar-refractivity contribution < 1.29 is 4.79 Å². The van der Waals surface area contributed by atoms with E-state index in [0.717, 1.165) is 16.3 Å². The number of benzene rings is 1. The highest BCUT2D eigenvalue weighted by atomic mass is 32.2. The minimum atomic E-state index is -0.0747. The third-order valence-electron chi connectivity index (χ3n) is 3.06. The summed E-state index contributed by atoms with van der Waals surface area (Å²) < 4.78 is 1.64. The van der Waals surface area contributed by atoms with Crippen LogP contribution in [-0.4, -0.2) is 15.7 Å². The molecule has 0 aliphatic carbocycles. The molecule has 1 heterocycles. The molecule has 1 amide bonds. The van der Waals surface area contributed by atoms with Crippen LogP contribution in [0.3, 0.4) is 0 Å². The summed E-state index contributed by atoms with van der Waals surface area (Å²) >= 11 is 2.89. The first-order valence-corrected chi connectivity index (χ1v) is 8.93. The number of hydrogen-bond acceptors (Lipinski definition) is 4. The van der Waals surface area contributed by atoms with E-state index < -0.39 is 0 Å². The van der Waals surface area contributed by atoms with Crippen molar-refractivity contribution in [2.24, 2.45) is 0 Å². The van der Waals surface area contributed by atoms with Gasteiger partial charge in [-0.25, -0.2) is 0 Å². The van der Waals surface area contributed by atoms with Gasteiger partial charge in [0.05, 0.1) is 5.69 Å². The minimum absolute atomic E-state index is 0.0129. The predicted octanol–water partition coefficient (Wildman–Crippen LogP) is 3.75. The third-order valence-corrected chi connectivity index (χ3v) is 5.03. The third kappa shape index (κ3) is 4.48. The number of aromatic nitrogens is 1. The monoisotopic (exact) mass is 336 g/mol. The number of nitrogens with one attached hydrogen (secondary N) is 1. The molecule has 0 spiro atoms. The van der Waals surface area contributed by atoms with Gasteiger partial charge in [-0.2, -0.15) is 0 Å². The van der Waals surface area contributed by atoms with Crippen LogP contribution in [0.2, 0.25) is 0 Å². The second-order valence-corrected chi connectivity index (χ2v) is 7.69. The summed E-state index contributed by atoms with van der Waals surface area (Å²) in [6, 6.07) is 7.79. The van der Waals surface area contributed by atoms with Gasteiger partial charge in [-0.05, 0) is 19.1 Å². The van der Waals surface area contributed by atoms with Crippen LogP contribution in [0, 0.1) is 6.92 Å². The molecule has 0 saturated heterocycles. The van der Waals surface area contributed by atoms with Crippen LogP contribution in [0.1, 0.15) is 26.0 Å². The van der Waals surface area contributed by atoms with Crippen molar-refractivity contribution in [1.29, 1.82) is 0 Å². The number of thioether (sulfide) groups is 1. The summed E-state index contributed by atoms with van der Waals surface area (Å²) in [6.45, 7) is 6.54. The Morgan fingerprint density at radius 3 is 2.73 bits per heavy atom. The maximum Gasteiger partial charge on any atom is 0.307 e. The number of carbonyl (C=O) groups is 1. The van der Waals surface area contributed by atoms with Crippen molar-refractivity contribution in [2.75, 3.05) is 5.32 Å². The highest BCUT2D eigenvalue weighted by Gasteiger charge is 2.10. The van der Waals surface area contributed by atoms with Gasteiger partial charge in [-0.3, -0.25) is 9.59 Å². The molecule has 0 fully saturated rings. The van der Waals surface area contributed by atoms with Gasteiger partial charge in [-0.1, -0.05) is 37.3 Å². The number of nitrogens with zero attached hydrogens (tertiary/aromatic N) is 1.